The molecule has 0 unspecified atom stereocenters. The Morgan fingerprint density at radius 1 is 1.10 bits per heavy atom. The van der Waals surface area contributed by atoms with Gasteiger partial charge in [-0.1, -0.05) is 12.1 Å². The van der Waals surface area contributed by atoms with E-state index >= 15 is 0 Å². The molecule has 0 spiro atoms. The molecule has 1 heterocycles. The first-order chi connectivity index (χ1) is 9.65. The van der Waals surface area contributed by atoms with Gasteiger partial charge in [-0.25, -0.2) is 8.78 Å². The van der Waals surface area contributed by atoms with Crippen LogP contribution in [0.5, 0.6) is 0 Å². The molecule has 3 nitrogen and oxygen atoms in total. The van der Waals surface area contributed by atoms with Crippen molar-refractivity contribution in [1.29, 1.82) is 0 Å². The first-order valence-electron chi connectivity index (χ1n) is 5.97. The van der Waals surface area contributed by atoms with Crippen LogP contribution in [0.15, 0.2) is 48.7 Å². The number of para-hydroxylation sites is 1. The van der Waals surface area contributed by atoms with E-state index < -0.39 is 11.7 Å². The number of halogens is 2. The number of rotatable bonds is 2. The first kappa shape index (κ1) is 12.3. The van der Waals surface area contributed by atoms with E-state index in [0.717, 1.165) is 0 Å². The van der Waals surface area contributed by atoms with Gasteiger partial charge in [0.1, 0.15) is 11.6 Å². The molecule has 2 N–H and O–H groups in total. The molecular formula is C15H10F2N2O. The van der Waals surface area contributed by atoms with Gasteiger partial charge in [-0.05, 0) is 30.3 Å². The number of carbonyl (C=O) groups excluding carboxylic acids is 1. The van der Waals surface area contributed by atoms with E-state index in [4.69, 9.17) is 0 Å². The number of amides is 1. The summed E-state index contributed by atoms with van der Waals surface area (Å²) in [6.45, 7) is 0. The molecule has 0 aliphatic carbocycles. The lowest BCUT2D eigenvalue weighted by atomic mass is 10.1. The summed E-state index contributed by atoms with van der Waals surface area (Å²) < 4.78 is 26.6. The van der Waals surface area contributed by atoms with Crippen LogP contribution in [0.25, 0.3) is 10.9 Å². The fourth-order valence-electron chi connectivity index (χ4n) is 2.04. The Bertz CT molecular complexity index is 795. The van der Waals surface area contributed by atoms with Crippen LogP contribution in [0.3, 0.4) is 0 Å². The summed E-state index contributed by atoms with van der Waals surface area (Å²) in [5.41, 5.74) is 0.959. The molecule has 0 saturated carbocycles. The van der Waals surface area contributed by atoms with Crippen LogP contribution in [0.1, 0.15) is 10.4 Å². The molecule has 100 valence electrons. The van der Waals surface area contributed by atoms with E-state index in [0.29, 0.717) is 16.5 Å². The molecule has 3 aromatic rings. The zero-order valence-corrected chi connectivity index (χ0v) is 10.3. The van der Waals surface area contributed by atoms with E-state index in [1.54, 1.807) is 12.1 Å². The third-order valence-electron chi connectivity index (χ3n) is 3.01. The molecule has 0 radical (unpaired) electrons. The zero-order chi connectivity index (χ0) is 14.1. The third kappa shape index (κ3) is 2.14. The van der Waals surface area contributed by atoms with E-state index in [-0.39, 0.29) is 11.5 Å². The highest BCUT2D eigenvalue weighted by atomic mass is 19.1. The summed E-state index contributed by atoms with van der Waals surface area (Å²) in [6, 6.07) is 9.99. The second-order valence-corrected chi connectivity index (χ2v) is 4.33. The Morgan fingerprint density at radius 3 is 2.70 bits per heavy atom. The zero-order valence-electron chi connectivity index (χ0n) is 10.3. The van der Waals surface area contributed by atoms with Gasteiger partial charge in [0.2, 0.25) is 0 Å². The normalized spacial score (nSPS) is 10.7. The maximum absolute atomic E-state index is 13.5. The van der Waals surface area contributed by atoms with Gasteiger partial charge in [-0.2, -0.15) is 0 Å². The lowest BCUT2D eigenvalue weighted by molar-refractivity contribution is 0.102. The SMILES string of the molecule is O=C(Nc1ccccc1F)c1c[nH]c2cc(F)ccc12. The van der Waals surface area contributed by atoms with Gasteiger partial charge in [0.05, 0.1) is 11.3 Å². The van der Waals surface area contributed by atoms with E-state index in [1.807, 2.05) is 0 Å². The summed E-state index contributed by atoms with van der Waals surface area (Å²) in [6.07, 6.45) is 1.47. The molecule has 1 aromatic heterocycles. The molecule has 1 amide bonds. The molecule has 0 atom stereocenters. The van der Waals surface area contributed by atoms with Crippen LogP contribution < -0.4 is 5.32 Å². The summed E-state index contributed by atoms with van der Waals surface area (Å²) in [4.78, 5) is 15.0. The maximum Gasteiger partial charge on any atom is 0.257 e. The molecular weight excluding hydrogens is 262 g/mol. The van der Waals surface area contributed by atoms with Crippen molar-refractivity contribution in [3.05, 3.63) is 65.9 Å². The molecule has 5 heteroatoms. The van der Waals surface area contributed by atoms with Crippen molar-refractivity contribution in [3.63, 3.8) is 0 Å². The molecule has 2 aromatic carbocycles. The monoisotopic (exact) mass is 272 g/mol. The number of aromatic nitrogens is 1. The van der Waals surface area contributed by atoms with Crippen molar-refractivity contribution in [2.24, 2.45) is 0 Å². The topological polar surface area (TPSA) is 44.9 Å². The lowest BCUT2D eigenvalue weighted by Gasteiger charge is -2.05. The number of anilines is 1. The van der Waals surface area contributed by atoms with E-state index in [2.05, 4.69) is 10.3 Å². The molecule has 0 aliphatic rings. The van der Waals surface area contributed by atoms with Gasteiger partial charge in [0.15, 0.2) is 0 Å². The fraction of sp³-hybridized carbons (Fsp3) is 0. The van der Waals surface area contributed by atoms with Gasteiger partial charge in [0.25, 0.3) is 5.91 Å². The smallest absolute Gasteiger partial charge is 0.257 e. The Hall–Kier alpha value is -2.69. The number of fused-ring (bicyclic) bond motifs is 1. The largest absolute Gasteiger partial charge is 0.360 e. The number of hydrogen-bond donors (Lipinski definition) is 2. The minimum absolute atomic E-state index is 0.106. The third-order valence-corrected chi connectivity index (χ3v) is 3.01. The standard InChI is InChI=1S/C15H10F2N2O/c16-9-5-6-10-11(8-18-14(10)7-9)15(20)19-13-4-2-1-3-12(13)17/h1-8,18H,(H,19,20). The maximum atomic E-state index is 13.5. The van der Waals surface area contributed by atoms with Crippen molar-refractivity contribution in [2.75, 3.05) is 5.32 Å². The second kappa shape index (κ2) is 4.77. The summed E-state index contributed by atoms with van der Waals surface area (Å²) in [5, 5.41) is 3.08. The van der Waals surface area contributed by atoms with Gasteiger partial charge in [-0.3, -0.25) is 4.79 Å². The molecule has 0 saturated heterocycles. The number of nitrogens with one attached hydrogen (secondary N) is 2. The van der Waals surface area contributed by atoms with E-state index in [1.165, 1.54) is 36.5 Å². The summed E-state index contributed by atoms with van der Waals surface area (Å²) >= 11 is 0. The Kier molecular flexibility index (Phi) is 2.95. The molecule has 20 heavy (non-hydrogen) atoms. The van der Waals surface area contributed by atoms with Gasteiger partial charge < -0.3 is 10.3 Å². The number of H-pyrrole nitrogens is 1. The number of hydrogen-bond acceptors (Lipinski definition) is 1. The highest BCUT2D eigenvalue weighted by molar-refractivity contribution is 6.12. The van der Waals surface area contributed by atoms with Crippen molar-refractivity contribution < 1.29 is 13.6 Å². The number of aromatic amines is 1. The quantitative estimate of drug-likeness (QED) is 0.734. The average Bonchev–Trinajstić information content (AvgIpc) is 2.84. The van der Waals surface area contributed by atoms with Crippen LogP contribution in [-0.4, -0.2) is 10.9 Å². The fourth-order valence-corrected chi connectivity index (χ4v) is 2.04. The molecule has 0 aliphatic heterocycles. The second-order valence-electron chi connectivity index (χ2n) is 4.33. The number of carbonyl (C=O) groups is 1. The molecule has 0 fully saturated rings. The van der Waals surface area contributed by atoms with Crippen LogP contribution in [0, 0.1) is 11.6 Å². The van der Waals surface area contributed by atoms with Gasteiger partial charge in [-0.15, -0.1) is 0 Å². The summed E-state index contributed by atoms with van der Waals surface area (Å²) in [7, 11) is 0. The lowest BCUT2D eigenvalue weighted by Crippen LogP contribution is -2.12. The van der Waals surface area contributed by atoms with Gasteiger partial charge >= 0.3 is 0 Å². The minimum Gasteiger partial charge on any atom is -0.360 e. The van der Waals surface area contributed by atoms with Gasteiger partial charge in [0, 0.05) is 17.1 Å². The average molecular weight is 272 g/mol. The van der Waals surface area contributed by atoms with Crippen LogP contribution in [0.2, 0.25) is 0 Å². The Labute approximate surface area is 113 Å². The van der Waals surface area contributed by atoms with Crippen molar-refractivity contribution >= 4 is 22.5 Å². The predicted octanol–water partition coefficient (Wildman–Crippen LogP) is 3.70. The van der Waals surface area contributed by atoms with Crippen LogP contribution in [0.4, 0.5) is 14.5 Å². The van der Waals surface area contributed by atoms with Crippen molar-refractivity contribution in [2.45, 2.75) is 0 Å². The van der Waals surface area contributed by atoms with Crippen molar-refractivity contribution in [3.8, 4) is 0 Å². The Morgan fingerprint density at radius 2 is 1.90 bits per heavy atom. The van der Waals surface area contributed by atoms with Crippen molar-refractivity contribution in [1.82, 2.24) is 4.98 Å². The highest BCUT2D eigenvalue weighted by Gasteiger charge is 2.13. The molecule has 0 bridgehead atoms. The van der Waals surface area contributed by atoms with Crippen LogP contribution in [-0.2, 0) is 0 Å². The molecule has 3 rings (SSSR count). The van der Waals surface area contributed by atoms with Crippen LogP contribution >= 0.6 is 0 Å². The highest BCUT2D eigenvalue weighted by Crippen LogP contribution is 2.21. The first-order valence-corrected chi connectivity index (χ1v) is 5.97. The minimum atomic E-state index is -0.508. The Balaban J connectivity index is 1.95. The number of benzene rings is 2. The van der Waals surface area contributed by atoms with E-state index in [9.17, 15) is 13.6 Å². The summed E-state index contributed by atoms with van der Waals surface area (Å²) in [5.74, 6) is -1.35. The predicted molar refractivity (Wildman–Crippen MR) is 72.6 cm³/mol.